The van der Waals surface area contributed by atoms with E-state index < -0.39 is 17.7 Å². The highest BCUT2D eigenvalue weighted by Gasteiger charge is 2.55. The van der Waals surface area contributed by atoms with Crippen molar-refractivity contribution in [2.24, 2.45) is 5.92 Å². The molecule has 2 heterocycles. The monoisotopic (exact) mass is 655 g/mol. The standard InChI is InChI=1S/C34H45N5O6.ClH/c1-23(40)36-18-21-39-32(43)29(30(41)25-6-4-3-5-7-25)37-33(44)34(39)16-19-38(20-17-34)22-24-8-12-27(13-9-24)45-28-14-10-26(11-15-28)31(42)35-2;/h8-15,25,29-30,41H,3-7,16-22H2,1-2H3,(H,35,42)(H,36,40)(H,37,44);1H/t29-,30-;/m1./s1. The number of rotatable bonds is 10. The number of nitrogens with one attached hydrogen (secondary N) is 3. The molecule has 5 rings (SSSR count). The molecular formula is C34H46ClN5O6. The van der Waals surface area contributed by atoms with Gasteiger partial charge in [0, 0.05) is 52.3 Å². The number of aliphatic hydroxyl groups is 1. The van der Waals surface area contributed by atoms with E-state index in [0.29, 0.717) is 49.5 Å². The first-order chi connectivity index (χ1) is 21.7. The summed E-state index contributed by atoms with van der Waals surface area (Å²) in [6, 6.07) is 13.8. The summed E-state index contributed by atoms with van der Waals surface area (Å²) >= 11 is 0. The Morgan fingerprint density at radius 1 is 1.00 bits per heavy atom. The molecule has 1 saturated carbocycles. The summed E-state index contributed by atoms with van der Waals surface area (Å²) in [5.41, 5.74) is 0.641. The van der Waals surface area contributed by atoms with E-state index >= 15 is 0 Å². The maximum Gasteiger partial charge on any atom is 0.251 e. The molecule has 0 radical (unpaired) electrons. The quantitative estimate of drug-likeness (QED) is 0.309. The number of hydrogen-bond acceptors (Lipinski definition) is 7. The van der Waals surface area contributed by atoms with Crippen molar-refractivity contribution in [2.45, 2.75) is 76.1 Å². The van der Waals surface area contributed by atoms with Crippen LogP contribution in [0.4, 0.5) is 0 Å². The molecule has 2 aromatic carbocycles. The zero-order valence-electron chi connectivity index (χ0n) is 26.6. The van der Waals surface area contributed by atoms with E-state index in [1.54, 1.807) is 36.2 Å². The van der Waals surface area contributed by atoms with Crippen LogP contribution in [0.1, 0.15) is 67.8 Å². The van der Waals surface area contributed by atoms with Gasteiger partial charge < -0.3 is 30.7 Å². The summed E-state index contributed by atoms with van der Waals surface area (Å²) in [5, 5.41) is 19.5. The van der Waals surface area contributed by atoms with Gasteiger partial charge in [0.15, 0.2) is 0 Å². The topological polar surface area (TPSA) is 140 Å². The summed E-state index contributed by atoms with van der Waals surface area (Å²) in [4.78, 5) is 54.9. The third-order valence-corrected chi connectivity index (χ3v) is 9.53. The minimum atomic E-state index is -1.01. The number of benzene rings is 2. The van der Waals surface area contributed by atoms with E-state index in [1.165, 1.54) is 6.92 Å². The fourth-order valence-corrected chi connectivity index (χ4v) is 6.94. The number of piperazine rings is 1. The lowest BCUT2D eigenvalue weighted by atomic mass is 9.78. The fourth-order valence-electron chi connectivity index (χ4n) is 6.94. The molecule has 250 valence electrons. The lowest BCUT2D eigenvalue weighted by molar-refractivity contribution is -0.165. The lowest BCUT2D eigenvalue weighted by Crippen LogP contribution is -2.75. The van der Waals surface area contributed by atoms with Crippen molar-refractivity contribution in [2.75, 3.05) is 33.2 Å². The van der Waals surface area contributed by atoms with E-state index in [0.717, 1.165) is 37.7 Å². The second-order valence-electron chi connectivity index (χ2n) is 12.5. The van der Waals surface area contributed by atoms with Crippen molar-refractivity contribution in [3.63, 3.8) is 0 Å². The SMILES string of the molecule is CNC(=O)c1ccc(Oc2ccc(CN3CCC4(CC3)C(=O)N[C@H]([C@H](O)C3CCCCC3)C(=O)N4CCNC(C)=O)cc2)cc1.Cl. The first-order valence-electron chi connectivity index (χ1n) is 16.1. The molecule has 4 amide bonds. The van der Waals surface area contributed by atoms with Gasteiger partial charge in [-0.25, -0.2) is 0 Å². The Hall–Kier alpha value is -3.67. The lowest BCUT2D eigenvalue weighted by Gasteiger charge is -2.52. The molecule has 2 aliphatic heterocycles. The van der Waals surface area contributed by atoms with Crippen molar-refractivity contribution in [1.29, 1.82) is 0 Å². The fraction of sp³-hybridized carbons (Fsp3) is 0.529. The van der Waals surface area contributed by atoms with Crippen molar-refractivity contribution in [3.8, 4) is 11.5 Å². The normalized spacial score (nSPS) is 20.8. The van der Waals surface area contributed by atoms with Gasteiger partial charge in [-0.1, -0.05) is 31.4 Å². The Morgan fingerprint density at radius 2 is 1.61 bits per heavy atom. The van der Waals surface area contributed by atoms with Crippen LogP contribution in [0.25, 0.3) is 0 Å². The summed E-state index contributed by atoms with van der Waals surface area (Å²) in [6.07, 6.45) is 4.88. The number of piperidine rings is 1. The van der Waals surface area contributed by atoms with Crippen LogP contribution in [0.2, 0.25) is 0 Å². The minimum absolute atomic E-state index is 0. The summed E-state index contributed by atoms with van der Waals surface area (Å²) in [6.45, 7) is 3.81. The van der Waals surface area contributed by atoms with Crippen LogP contribution >= 0.6 is 12.4 Å². The van der Waals surface area contributed by atoms with Gasteiger partial charge in [0.05, 0.1) is 6.10 Å². The van der Waals surface area contributed by atoms with Crippen LogP contribution in [0.3, 0.4) is 0 Å². The van der Waals surface area contributed by atoms with Crippen LogP contribution in [-0.2, 0) is 20.9 Å². The Kier molecular flexibility index (Phi) is 12.0. The summed E-state index contributed by atoms with van der Waals surface area (Å²) in [5.74, 6) is 0.490. The van der Waals surface area contributed by atoms with Gasteiger partial charge in [0.2, 0.25) is 17.7 Å². The number of amides is 4. The summed E-state index contributed by atoms with van der Waals surface area (Å²) in [7, 11) is 1.59. The predicted molar refractivity (Wildman–Crippen MR) is 176 cm³/mol. The number of carbonyl (C=O) groups is 4. The molecule has 2 saturated heterocycles. The molecule has 0 unspecified atom stereocenters. The van der Waals surface area contributed by atoms with E-state index in [4.69, 9.17) is 4.74 Å². The maximum atomic E-state index is 13.9. The number of ether oxygens (including phenoxy) is 1. The first kappa shape index (κ1) is 35.2. The van der Waals surface area contributed by atoms with Crippen LogP contribution in [0.5, 0.6) is 11.5 Å². The van der Waals surface area contributed by atoms with E-state index in [9.17, 15) is 24.3 Å². The van der Waals surface area contributed by atoms with Gasteiger partial charge in [-0.2, -0.15) is 0 Å². The molecule has 4 N–H and O–H groups in total. The molecule has 3 aliphatic rings. The van der Waals surface area contributed by atoms with Crippen molar-refractivity contribution < 1.29 is 29.0 Å². The van der Waals surface area contributed by atoms with Crippen LogP contribution in [0, 0.1) is 5.92 Å². The van der Waals surface area contributed by atoms with Crippen molar-refractivity contribution in [3.05, 3.63) is 59.7 Å². The zero-order valence-corrected chi connectivity index (χ0v) is 27.4. The molecular weight excluding hydrogens is 610 g/mol. The smallest absolute Gasteiger partial charge is 0.251 e. The van der Waals surface area contributed by atoms with Gasteiger partial charge in [0.25, 0.3) is 5.91 Å². The Bertz CT molecular complexity index is 1360. The van der Waals surface area contributed by atoms with E-state index in [2.05, 4.69) is 20.9 Å². The Labute approximate surface area is 276 Å². The number of halogens is 1. The maximum absolute atomic E-state index is 13.9. The molecule has 2 aromatic rings. The van der Waals surface area contributed by atoms with Gasteiger partial charge in [-0.05, 0) is 73.6 Å². The van der Waals surface area contributed by atoms with E-state index in [-0.39, 0.29) is 55.0 Å². The molecule has 46 heavy (non-hydrogen) atoms. The van der Waals surface area contributed by atoms with Crippen molar-refractivity contribution >= 4 is 36.0 Å². The zero-order chi connectivity index (χ0) is 32.0. The molecule has 1 aliphatic carbocycles. The van der Waals surface area contributed by atoms with Crippen LogP contribution < -0.4 is 20.7 Å². The second-order valence-corrected chi connectivity index (χ2v) is 12.5. The molecule has 0 bridgehead atoms. The van der Waals surface area contributed by atoms with Crippen LogP contribution in [-0.4, -0.2) is 89.4 Å². The molecule has 12 heteroatoms. The molecule has 2 atom stereocenters. The number of likely N-dealkylation sites (tertiary alicyclic amines) is 1. The average Bonchev–Trinajstić information content (AvgIpc) is 3.06. The minimum Gasteiger partial charge on any atom is -0.457 e. The third-order valence-electron chi connectivity index (χ3n) is 9.53. The van der Waals surface area contributed by atoms with Gasteiger partial charge in [-0.3, -0.25) is 24.1 Å². The molecule has 0 aromatic heterocycles. The Balaban J connectivity index is 0.00000480. The van der Waals surface area contributed by atoms with E-state index in [1.807, 2.05) is 24.3 Å². The molecule has 1 spiro atoms. The first-order valence-corrected chi connectivity index (χ1v) is 16.1. The third kappa shape index (κ3) is 8.00. The summed E-state index contributed by atoms with van der Waals surface area (Å²) < 4.78 is 5.94. The number of hydrogen-bond donors (Lipinski definition) is 4. The molecule has 11 nitrogen and oxygen atoms in total. The highest BCUT2D eigenvalue weighted by atomic mass is 35.5. The number of nitrogens with zero attached hydrogens (tertiary/aromatic N) is 2. The van der Waals surface area contributed by atoms with Gasteiger partial charge in [0.1, 0.15) is 23.1 Å². The average molecular weight is 656 g/mol. The number of aliphatic hydroxyl groups excluding tert-OH is 1. The molecule has 3 fully saturated rings. The largest absolute Gasteiger partial charge is 0.457 e. The second kappa shape index (κ2) is 15.8. The van der Waals surface area contributed by atoms with Crippen LogP contribution in [0.15, 0.2) is 48.5 Å². The predicted octanol–water partition coefficient (Wildman–Crippen LogP) is 3.00. The van der Waals surface area contributed by atoms with Crippen molar-refractivity contribution in [1.82, 2.24) is 25.8 Å². The highest BCUT2D eigenvalue weighted by molar-refractivity contribution is 6.00. The Morgan fingerprint density at radius 3 is 2.20 bits per heavy atom. The highest BCUT2D eigenvalue weighted by Crippen LogP contribution is 2.36. The number of carbonyl (C=O) groups excluding carboxylic acids is 4. The van der Waals surface area contributed by atoms with Gasteiger partial charge >= 0.3 is 0 Å². The van der Waals surface area contributed by atoms with Gasteiger partial charge in [-0.15, -0.1) is 12.4 Å².